The highest BCUT2D eigenvalue weighted by Crippen LogP contribution is 2.47. The molecule has 7 heteroatoms. The van der Waals surface area contributed by atoms with Crippen molar-refractivity contribution in [2.24, 2.45) is 10.9 Å². The lowest BCUT2D eigenvalue weighted by Crippen LogP contribution is -2.40. The van der Waals surface area contributed by atoms with Crippen molar-refractivity contribution in [3.05, 3.63) is 63.6 Å². The van der Waals surface area contributed by atoms with Crippen molar-refractivity contribution in [1.82, 2.24) is 0 Å². The van der Waals surface area contributed by atoms with Gasteiger partial charge in [0.1, 0.15) is 11.7 Å². The highest BCUT2D eigenvalue weighted by molar-refractivity contribution is 6.31. The lowest BCUT2D eigenvalue weighted by molar-refractivity contribution is 0.509. The summed E-state index contributed by atoms with van der Waals surface area (Å²) < 4.78 is 28.9. The summed E-state index contributed by atoms with van der Waals surface area (Å²) in [6.45, 7) is 1.71. The number of halogens is 4. The minimum Gasteiger partial charge on any atom is -0.316 e. The van der Waals surface area contributed by atoms with Crippen LogP contribution in [0.3, 0.4) is 0 Å². The van der Waals surface area contributed by atoms with Gasteiger partial charge >= 0.3 is 0 Å². The summed E-state index contributed by atoms with van der Waals surface area (Å²) in [4.78, 5) is 6.56. The van der Waals surface area contributed by atoms with E-state index in [4.69, 9.17) is 28.2 Å². The van der Waals surface area contributed by atoms with Crippen molar-refractivity contribution >= 4 is 34.7 Å². The van der Waals surface area contributed by atoms with Gasteiger partial charge in [-0.1, -0.05) is 48.2 Å². The monoisotopic (exact) mass is 433 g/mol. The molecule has 1 saturated carbocycles. The first kappa shape index (κ1) is 20.1. The van der Waals surface area contributed by atoms with Gasteiger partial charge in [0.25, 0.3) is 0 Å². The van der Waals surface area contributed by atoms with Gasteiger partial charge in [-0.3, -0.25) is 0 Å². The van der Waals surface area contributed by atoms with Crippen LogP contribution in [0.1, 0.15) is 44.2 Å². The average molecular weight is 434 g/mol. The lowest BCUT2D eigenvalue weighted by Gasteiger charge is -2.34. The SMILES string of the molecule is CC1(C#N)N=C(C2CCCC2)N(c2cccc(Cl)c2F)C1c1ccc(F)c(Cl)c1. The molecule has 0 bridgehead atoms. The van der Waals surface area contributed by atoms with Crippen molar-refractivity contribution in [2.75, 3.05) is 4.90 Å². The third kappa shape index (κ3) is 3.39. The van der Waals surface area contributed by atoms with Crippen molar-refractivity contribution in [3.8, 4) is 6.07 Å². The Hall–Kier alpha value is -2.16. The van der Waals surface area contributed by atoms with E-state index < -0.39 is 23.2 Å². The zero-order chi connectivity index (χ0) is 20.8. The summed E-state index contributed by atoms with van der Waals surface area (Å²) in [7, 11) is 0. The predicted octanol–water partition coefficient (Wildman–Crippen LogP) is 6.70. The van der Waals surface area contributed by atoms with Gasteiger partial charge in [-0.2, -0.15) is 5.26 Å². The van der Waals surface area contributed by atoms with E-state index in [-0.39, 0.29) is 21.7 Å². The second-order valence-electron chi connectivity index (χ2n) is 7.73. The van der Waals surface area contributed by atoms with Crippen molar-refractivity contribution < 1.29 is 8.78 Å². The van der Waals surface area contributed by atoms with Crippen molar-refractivity contribution in [2.45, 2.75) is 44.2 Å². The molecule has 1 aliphatic heterocycles. The molecule has 2 unspecified atom stereocenters. The summed E-state index contributed by atoms with van der Waals surface area (Å²) >= 11 is 12.1. The molecule has 150 valence electrons. The van der Waals surface area contributed by atoms with Crippen LogP contribution in [0.5, 0.6) is 0 Å². The van der Waals surface area contributed by atoms with Crippen LogP contribution < -0.4 is 4.90 Å². The lowest BCUT2D eigenvalue weighted by atomic mass is 9.88. The highest BCUT2D eigenvalue weighted by atomic mass is 35.5. The van der Waals surface area contributed by atoms with Crippen LogP contribution in [0, 0.1) is 28.9 Å². The van der Waals surface area contributed by atoms with Crippen LogP contribution in [0.4, 0.5) is 14.5 Å². The van der Waals surface area contributed by atoms with Gasteiger partial charge in [0.15, 0.2) is 11.4 Å². The van der Waals surface area contributed by atoms with Gasteiger partial charge in [-0.25, -0.2) is 13.8 Å². The fourth-order valence-corrected chi connectivity index (χ4v) is 4.75. The summed E-state index contributed by atoms with van der Waals surface area (Å²) in [5.74, 6) is -0.315. The fourth-order valence-electron chi connectivity index (χ4n) is 4.39. The van der Waals surface area contributed by atoms with E-state index in [9.17, 15) is 9.65 Å². The van der Waals surface area contributed by atoms with E-state index in [1.807, 2.05) is 0 Å². The minimum atomic E-state index is -1.19. The Kier molecular flexibility index (Phi) is 5.27. The smallest absolute Gasteiger partial charge is 0.170 e. The Labute approximate surface area is 178 Å². The average Bonchev–Trinajstić information content (AvgIpc) is 3.33. The minimum absolute atomic E-state index is 0.00489. The Morgan fingerprint density at radius 2 is 1.86 bits per heavy atom. The van der Waals surface area contributed by atoms with Gasteiger partial charge < -0.3 is 4.90 Å². The third-order valence-corrected chi connectivity index (χ3v) is 6.36. The standard InChI is InChI=1S/C22H19Cl2F2N3/c1-22(12-27)20(14-9-10-17(25)16(24)11-14)29(18-8-4-7-15(23)19(18)26)21(28-22)13-5-2-3-6-13/h4,7-11,13,20H,2-3,5-6H2,1H3. The van der Waals surface area contributed by atoms with Crippen LogP contribution >= 0.6 is 23.2 Å². The highest BCUT2D eigenvalue weighted by Gasteiger charge is 2.50. The molecule has 1 heterocycles. The van der Waals surface area contributed by atoms with Gasteiger partial charge in [-0.15, -0.1) is 0 Å². The first-order valence-electron chi connectivity index (χ1n) is 9.55. The molecule has 0 aromatic heterocycles. The second kappa shape index (κ2) is 7.59. The maximum atomic E-state index is 15.1. The Bertz CT molecular complexity index is 1030. The van der Waals surface area contributed by atoms with E-state index in [0.717, 1.165) is 25.7 Å². The first-order chi connectivity index (χ1) is 13.9. The molecule has 0 spiro atoms. The molecule has 0 saturated heterocycles. The van der Waals surface area contributed by atoms with E-state index in [1.165, 1.54) is 18.2 Å². The van der Waals surface area contributed by atoms with Gasteiger partial charge in [0, 0.05) is 5.92 Å². The number of hydrogen-bond acceptors (Lipinski definition) is 3. The number of anilines is 1. The Balaban J connectivity index is 1.93. The van der Waals surface area contributed by atoms with Crippen LogP contribution in [-0.4, -0.2) is 11.4 Å². The summed E-state index contributed by atoms with van der Waals surface area (Å²) in [5.41, 5.74) is -0.336. The number of aliphatic imine (C=N–C) groups is 1. The molecule has 2 aromatic carbocycles. The molecule has 2 atom stereocenters. The molecule has 4 rings (SSSR count). The zero-order valence-corrected chi connectivity index (χ0v) is 17.3. The molecule has 1 aliphatic carbocycles. The topological polar surface area (TPSA) is 39.4 Å². The number of nitriles is 1. The Morgan fingerprint density at radius 3 is 2.52 bits per heavy atom. The fraction of sp³-hybridized carbons (Fsp3) is 0.364. The number of rotatable bonds is 3. The van der Waals surface area contributed by atoms with Gasteiger partial charge in [0.05, 0.1) is 27.8 Å². The number of amidine groups is 1. The largest absolute Gasteiger partial charge is 0.316 e. The van der Waals surface area contributed by atoms with Crippen LogP contribution in [-0.2, 0) is 0 Å². The van der Waals surface area contributed by atoms with E-state index in [0.29, 0.717) is 11.4 Å². The third-order valence-electron chi connectivity index (χ3n) is 5.78. The molecular formula is C22H19Cl2F2N3. The summed E-state index contributed by atoms with van der Waals surface area (Å²) in [5, 5.41) is 9.96. The molecular weight excluding hydrogens is 415 g/mol. The number of hydrogen-bond donors (Lipinski definition) is 0. The predicted molar refractivity (Wildman–Crippen MR) is 111 cm³/mol. The number of nitrogens with zero attached hydrogens (tertiary/aromatic N) is 3. The van der Waals surface area contributed by atoms with E-state index in [2.05, 4.69) is 6.07 Å². The maximum absolute atomic E-state index is 15.1. The normalized spacial score (nSPS) is 24.6. The Morgan fingerprint density at radius 1 is 1.14 bits per heavy atom. The number of benzene rings is 2. The molecule has 0 radical (unpaired) electrons. The summed E-state index contributed by atoms with van der Waals surface area (Å²) in [6, 6.07) is 10.7. The molecule has 3 nitrogen and oxygen atoms in total. The zero-order valence-electron chi connectivity index (χ0n) is 15.8. The van der Waals surface area contributed by atoms with E-state index in [1.54, 1.807) is 30.0 Å². The van der Waals surface area contributed by atoms with Crippen LogP contribution in [0.2, 0.25) is 10.0 Å². The van der Waals surface area contributed by atoms with Crippen LogP contribution in [0.25, 0.3) is 0 Å². The molecule has 2 aliphatic rings. The van der Waals surface area contributed by atoms with Crippen molar-refractivity contribution in [1.29, 1.82) is 5.26 Å². The maximum Gasteiger partial charge on any atom is 0.170 e. The van der Waals surface area contributed by atoms with Crippen molar-refractivity contribution in [3.63, 3.8) is 0 Å². The van der Waals surface area contributed by atoms with Gasteiger partial charge in [-0.05, 0) is 49.6 Å². The van der Waals surface area contributed by atoms with Crippen LogP contribution in [0.15, 0.2) is 41.4 Å². The summed E-state index contributed by atoms with van der Waals surface area (Å²) in [6.07, 6.45) is 3.98. The molecule has 29 heavy (non-hydrogen) atoms. The first-order valence-corrected chi connectivity index (χ1v) is 10.3. The van der Waals surface area contributed by atoms with E-state index >= 15 is 4.39 Å². The second-order valence-corrected chi connectivity index (χ2v) is 8.54. The quantitative estimate of drug-likeness (QED) is 0.539. The molecule has 0 amide bonds. The molecule has 2 aromatic rings. The molecule has 0 N–H and O–H groups in total. The van der Waals surface area contributed by atoms with Gasteiger partial charge in [0.2, 0.25) is 0 Å². The molecule has 1 fully saturated rings.